The molecule has 0 saturated heterocycles. The van der Waals surface area contributed by atoms with E-state index < -0.39 is 11.2 Å². The number of aryl methyl sites for hydroxylation is 1. The molecule has 1 aliphatic carbocycles. The molecule has 0 spiro atoms. The predicted molar refractivity (Wildman–Crippen MR) is 144 cm³/mol. The van der Waals surface area contributed by atoms with Crippen LogP contribution in [0.25, 0.3) is 11.0 Å². The molecule has 196 valence electrons. The predicted octanol–water partition coefficient (Wildman–Crippen LogP) is 5.03. The fourth-order valence-electron chi connectivity index (χ4n) is 4.99. The number of halogens is 1. The highest BCUT2D eigenvalue weighted by Gasteiger charge is 2.31. The quantitative estimate of drug-likeness (QED) is 0.349. The summed E-state index contributed by atoms with van der Waals surface area (Å²) < 4.78 is 15.0. The number of oxime groups is 1. The molecule has 0 N–H and O–H groups in total. The van der Waals surface area contributed by atoms with Gasteiger partial charge in [0.2, 0.25) is 0 Å². The fraction of sp³-hybridized carbons (Fsp3) is 0.414. The highest BCUT2D eigenvalue weighted by Crippen LogP contribution is 2.35. The Kier molecular flexibility index (Phi) is 7.50. The van der Waals surface area contributed by atoms with E-state index in [1.165, 1.54) is 16.7 Å². The average Bonchev–Trinajstić information content (AvgIpc) is 2.90. The Balaban J connectivity index is 1.66. The zero-order valence-electron chi connectivity index (χ0n) is 22.3. The Morgan fingerprint density at radius 3 is 2.34 bits per heavy atom. The lowest BCUT2D eigenvalue weighted by atomic mass is 9.80. The van der Waals surface area contributed by atoms with Gasteiger partial charge in [-0.3, -0.25) is 4.79 Å². The Labute approximate surface area is 221 Å². The normalized spacial score (nSPS) is 18.1. The van der Waals surface area contributed by atoms with Crippen LogP contribution < -0.4 is 10.5 Å². The van der Waals surface area contributed by atoms with Gasteiger partial charge in [0.15, 0.2) is 0 Å². The van der Waals surface area contributed by atoms with Crippen molar-refractivity contribution in [2.45, 2.75) is 58.1 Å². The second-order valence-electron chi connectivity index (χ2n) is 10.7. The van der Waals surface area contributed by atoms with Gasteiger partial charge < -0.3 is 14.3 Å². The van der Waals surface area contributed by atoms with Gasteiger partial charge in [-0.25, -0.2) is 9.37 Å². The number of fused-ring (bicyclic) bond motifs is 1. The van der Waals surface area contributed by atoms with Crippen LogP contribution in [0.4, 0.5) is 10.1 Å². The number of benzene rings is 1. The maximum Gasteiger partial charge on any atom is 0.270 e. The third kappa shape index (κ3) is 5.38. The number of nitrogens with zero attached hydrogens (tertiary/aromatic N) is 6. The summed E-state index contributed by atoms with van der Waals surface area (Å²) in [6, 6.07) is 13.7. The number of rotatable bonds is 5. The van der Waals surface area contributed by atoms with E-state index in [-0.39, 0.29) is 29.0 Å². The number of pyridine rings is 2. The summed E-state index contributed by atoms with van der Waals surface area (Å²) in [7, 11) is 3.47. The van der Waals surface area contributed by atoms with Crippen LogP contribution in [0.5, 0.6) is 0 Å². The maximum atomic E-state index is 13.6. The maximum absolute atomic E-state index is 13.6. The van der Waals surface area contributed by atoms with Gasteiger partial charge in [0.25, 0.3) is 5.56 Å². The van der Waals surface area contributed by atoms with Crippen molar-refractivity contribution in [2.75, 3.05) is 11.9 Å². The molecule has 2 aromatic heterocycles. The zero-order chi connectivity index (χ0) is 27.6. The van der Waals surface area contributed by atoms with E-state index in [2.05, 4.69) is 16.2 Å². The molecule has 0 aliphatic heterocycles. The first-order valence-corrected chi connectivity index (χ1v) is 12.6. The molecule has 9 heteroatoms. The van der Waals surface area contributed by atoms with E-state index >= 15 is 0 Å². The molecule has 0 atom stereocenters. The molecular weight excluding hydrogens is 483 g/mol. The number of nitriles is 2. The van der Waals surface area contributed by atoms with Crippen molar-refractivity contribution < 1.29 is 9.23 Å². The average molecular weight is 515 g/mol. The molecule has 2 heterocycles. The Hall–Kier alpha value is -4.24. The minimum Gasteiger partial charge on any atom is -0.390 e. The van der Waals surface area contributed by atoms with Gasteiger partial charge in [0.1, 0.15) is 40.3 Å². The van der Waals surface area contributed by atoms with Crippen molar-refractivity contribution in [3.63, 3.8) is 0 Å². The van der Waals surface area contributed by atoms with Gasteiger partial charge in [-0.1, -0.05) is 17.3 Å². The first-order chi connectivity index (χ1) is 18.0. The van der Waals surface area contributed by atoms with Crippen LogP contribution in [0.2, 0.25) is 0 Å². The lowest BCUT2D eigenvalue weighted by Gasteiger charge is -2.37. The highest BCUT2D eigenvalue weighted by atomic mass is 19.1. The molecule has 0 unspecified atom stereocenters. The van der Waals surface area contributed by atoms with Crippen molar-refractivity contribution >= 4 is 22.4 Å². The summed E-state index contributed by atoms with van der Waals surface area (Å²) in [5, 5.41) is 23.8. The van der Waals surface area contributed by atoms with E-state index in [1.807, 2.05) is 38.8 Å². The standard InChI is InChI=1S/C29H31FN6O2/c1-29(2,3)38-34-25(18-6-10-20(30)11-7-18)19-8-13-22(14-9-19)35(4)27-23(17-32)28(37)36(5)24-15-12-21(16-31)33-26(24)27/h6-7,10-12,15,19,22H,8-9,13-14H2,1-5H3/b34-25+. The molecule has 4 rings (SSSR count). The van der Waals surface area contributed by atoms with Crippen LogP contribution in [0.3, 0.4) is 0 Å². The summed E-state index contributed by atoms with van der Waals surface area (Å²) in [5.74, 6) is -0.204. The summed E-state index contributed by atoms with van der Waals surface area (Å²) in [6.45, 7) is 5.78. The van der Waals surface area contributed by atoms with Crippen LogP contribution in [-0.2, 0) is 11.9 Å². The van der Waals surface area contributed by atoms with Gasteiger partial charge in [-0.05, 0) is 76.3 Å². The monoisotopic (exact) mass is 514 g/mol. The topological polar surface area (TPSA) is 107 Å². The molecule has 1 aromatic carbocycles. The van der Waals surface area contributed by atoms with Crippen molar-refractivity contribution in [1.29, 1.82) is 10.5 Å². The highest BCUT2D eigenvalue weighted by molar-refractivity contribution is 6.02. The van der Waals surface area contributed by atoms with Crippen molar-refractivity contribution in [3.05, 3.63) is 69.4 Å². The molecule has 1 saturated carbocycles. The molecule has 1 aliphatic rings. The van der Waals surface area contributed by atoms with Gasteiger partial charge in [-0.2, -0.15) is 10.5 Å². The number of hydrogen-bond acceptors (Lipinski definition) is 7. The van der Waals surface area contributed by atoms with Gasteiger partial charge >= 0.3 is 0 Å². The van der Waals surface area contributed by atoms with Crippen LogP contribution >= 0.6 is 0 Å². The summed E-state index contributed by atoms with van der Waals surface area (Å²) >= 11 is 0. The summed E-state index contributed by atoms with van der Waals surface area (Å²) in [4.78, 5) is 25.2. The van der Waals surface area contributed by atoms with Crippen LogP contribution in [0.15, 0.2) is 46.3 Å². The van der Waals surface area contributed by atoms with Crippen molar-refractivity contribution in [2.24, 2.45) is 18.1 Å². The fourth-order valence-corrected chi connectivity index (χ4v) is 4.99. The summed E-state index contributed by atoms with van der Waals surface area (Å²) in [6.07, 6.45) is 3.13. The van der Waals surface area contributed by atoms with E-state index in [0.29, 0.717) is 16.7 Å². The largest absolute Gasteiger partial charge is 0.390 e. The second-order valence-corrected chi connectivity index (χ2v) is 10.7. The zero-order valence-corrected chi connectivity index (χ0v) is 22.3. The van der Waals surface area contributed by atoms with E-state index in [1.54, 1.807) is 31.3 Å². The van der Waals surface area contributed by atoms with Crippen LogP contribution in [0, 0.1) is 34.4 Å². The van der Waals surface area contributed by atoms with Crippen LogP contribution in [-0.4, -0.2) is 34.0 Å². The Morgan fingerprint density at radius 1 is 1.11 bits per heavy atom. The molecule has 3 aromatic rings. The summed E-state index contributed by atoms with van der Waals surface area (Å²) in [5.41, 5.74) is 2.46. The number of aromatic nitrogens is 2. The molecule has 0 amide bonds. The SMILES string of the molecule is CN(c1c(C#N)c(=O)n(C)c2ccc(C#N)nc12)C1CCC(/C(=N/OC(C)(C)C)c2ccc(F)cc2)CC1. The smallest absolute Gasteiger partial charge is 0.270 e. The molecule has 1 fully saturated rings. The lowest BCUT2D eigenvalue weighted by molar-refractivity contribution is -0.0000304. The molecule has 0 radical (unpaired) electrons. The number of hydrogen-bond donors (Lipinski definition) is 0. The minimum absolute atomic E-state index is 0.0133. The second kappa shape index (κ2) is 10.6. The van der Waals surface area contributed by atoms with Gasteiger partial charge in [0, 0.05) is 26.1 Å². The Morgan fingerprint density at radius 2 is 1.76 bits per heavy atom. The first-order valence-electron chi connectivity index (χ1n) is 12.6. The van der Waals surface area contributed by atoms with Crippen molar-refractivity contribution in [1.82, 2.24) is 9.55 Å². The molecule has 8 nitrogen and oxygen atoms in total. The van der Waals surface area contributed by atoms with Crippen molar-refractivity contribution in [3.8, 4) is 12.1 Å². The molecule has 38 heavy (non-hydrogen) atoms. The molecular formula is C29H31FN6O2. The van der Waals surface area contributed by atoms with Crippen LogP contribution in [0.1, 0.15) is 63.3 Å². The van der Waals surface area contributed by atoms with E-state index in [0.717, 1.165) is 37.0 Å². The minimum atomic E-state index is -0.466. The van der Waals surface area contributed by atoms with Gasteiger partial charge in [0.05, 0.1) is 16.9 Å². The molecule has 0 bridgehead atoms. The lowest BCUT2D eigenvalue weighted by Crippen LogP contribution is -2.39. The van der Waals surface area contributed by atoms with E-state index in [4.69, 9.17) is 4.84 Å². The Bertz CT molecular complexity index is 1510. The first kappa shape index (κ1) is 26.8. The van der Waals surface area contributed by atoms with E-state index in [9.17, 15) is 19.7 Å². The number of anilines is 1. The third-order valence-corrected chi connectivity index (χ3v) is 6.98. The van der Waals surface area contributed by atoms with Gasteiger partial charge in [-0.15, -0.1) is 0 Å². The third-order valence-electron chi connectivity index (χ3n) is 6.98.